The van der Waals surface area contributed by atoms with Crippen LogP contribution in [0.5, 0.6) is 5.75 Å². The van der Waals surface area contributed by atoms with E-state index in [9.17, 15) is 14.9 Å². The van der Waals surface area contributed by atoms with Gasteiger partial charge in [0.2, 0.25) is 0 Å². The van der Waals surface area contributed by atoms with E-state index in [1.807, 2.05) is 0 Å². The number of carbonyl (C=O) groups excluding carboxylic acids is 1. The molecule has 3 rings (SSSR count). The first kappa shape index (κ1) is 14.8. The number of nitrogens with zero attached hydrogens (tertiary/aromatic N) is 3. The Balaban J connectivity index is 1.77. The monoisotopic (exact) mass is 305 g/mol. The predicted molar refractivity (Wildman–Crippen MR) is 81.2 cm³/mol. The first-order valence-electron chi connectivity index (χ1n) is 7.48. The third-order valence-corrected chi connectivity index (χ3v) is 4.45. The molecule has 2 aliphatic heterocycles. The highest BCUT2D eigenvalue weighted by molar-refractivity contribution is 5.98. The Bertz CT molecular complexity index is 604. The van der Waals surface area contributed by atoms with E-state index < -0.39 is 4.92 Å². The van der Waals surface area contributed by atoms with Gasteiger partial charge in [-0.05, 0) is 38.9 Å². The van der Waals surface area contributed by atoms with Gasteiger partial charge in [0.15, 0.2) is 12.4 Å². The highest BCUT2D eigenvalue weighted by atomic mass is 16.6. The number of hydrogen-bond donors (Lipinski definition) is 0. The van der Waals surface area contributed by atoms with Crippen LogP contribution in [0.3, 0.4) is 0 Å². The molecule has 0 saturated carbocycles. The van der Waals surface area contributed by atoms with Gasteiger partial charge in [0.25, 0.3) is 11.6 Å². The number of amides is 1. The molecule has 1 amide bonds. The van der Waals surface area contributed by atoms with Crippen molar-refractivity contribution in [2.75, 3.05) is 31.6 Å². The zero-order valence-electron chi connectivity index (χ0n) is 12.5. The highest BCUT2D eigenvalue weighted by Gasteiger charge is 2.29. The minimum Gasteiger partial charge on any atom is -0.481 e. The van der Waals surface area contributed by atoms with Crippen LogP contribution in [0.2, 0.25) is 0 Å². The van der Waals surface area contributed by atoms with Crippen LogP contribution in [0.25, 0.3) is 0 Å². The van der Waals surface area contributed by atoms with Gasteiger partial charge in [-0.3, -0.25) is 14.9 Å². The molecule has 118 valence electrons. The lowest BCUT2D eigenvalue weighted by Gasteiger charge is -2.31. The van der Waals surface area contributed by atoms with Gasteiger partial charge < -0.3 is 14.5 Å². The summed E-state index contributed by atoms with van der Waals surface area (Å²) in [6.07, 6.45) is 3.25. The summed E-state index contributed by atoms with van der Waals surface area (Å²) < 4.78 is 5.34. The van der Waals surface area contributed by atoms with Crippen LogP contribution in [0, 0.1) is 10.1 Å². The van der Waals surface area contributed by atoms with Crippen LogP contribution in [0.4, 0.5) is 11.4 Å². The van der Waals surface area contributed by atoms with Crippen LogP contribution >= 0.6 is 0 Å². The Labute approximate surface area is 128 Å². The summed E-state index contributed by atoms with van der Waals surface area (Å²) in [6, 6.07) is 4.90. The zero-order chi connectivity index (χ0) is 15.7. The standard InChI is InChI=1S/C15H19N3O4/c1-16-7-2-3-11(16)6-8-17-13-5-4-12(18(20)21)9-14(13)22-10-15(17)19/h4-5,9,11H,2-3,6-8,10H2,1H3. The van der Waals surface area contributed by atoms with E-state index in [4.69, 9.17) is 4.74 Å². The largest absolute Gasteiger partial charge is 0.481 e. The van der Waals surface area contributed by atoms with Crippen LogP contribution in [0.15, 0.2) is 18.2 Å². The fourth-order valence-corrected chi connectivity index (χ4v) is 3.17. The van der Waals surface area contributed by atoms with Gasteiger partial charge in [-0.2, -0.15) is 0 Å². The van der Waals surface area contributed by atoms with Gasteiger partial charge in [-0.15, -0.1) is 0 Å². The van der Waals surface area contributed by atoms with Gasteiger partial charge in [-0.25, -0.2) is 0 Å². The fraction of sp³-hybridized carbons (Fsp3) is 0.533. The van der Waals surface area contributed by atoms with Crippen molar-refractivity contribution < 1.29 is 14.5 Å². The number of ether oxygens (including phenoxy) is 1. The normalized spacial score (nSPS) is 21.6. The molecule has 0 spiro atoms. The Morgan fingerprint density at radius 2 is 2.27 bits per heavy atom. The van der Waals surface area contributed by atoms with Gasteiger partial charge in [0.05, 0.1) is 16.7 Å². The maximum absolute atomic E-state index is 12.1. The molecule has 2 aliphatic rings. The number of nitro benzene ring substituents is 1. The Kier molecular flexibility index (Phi) is 3.98. The minimum atomic E-state index is -0.460. The average Bonchev–Trinajstić information content (AvgIpc) is 2.91. The van der Waals surface area contributed by atoms with Crippen molar-refractivity contribution in [1.29, 1.82) is 0 Å². The topological polar surface area (TPSA) is 75.9 Å². The van der Waals surface area contributed by atoms with Gasteiger partial charge in [0.1, 0.15) is 0 Å². The third kappa shape index (κ3) is 2.76. The van der Waals surface area contributed by atoms with Crippen LogP contribution < -0.4 is 9.64 Å². The molecule has 0 aromatic heterocycles. The van der Waals surface area contributed by atoms with Crippen molar-refractivity contribution in [2.24, 2.45) is 0 Å². The summed E-state index contributed by atoms with van der Waals surface area (Å²) in [5, 5.41) is 10.8. The first-order chi connectivity index (χ1) is 10.6. The SMILES string of the molecule is CN1CCCC1CCN1C(=O)COc2cc([N+](=O)[O-])ccc21. The number of nitro groups is 1. The quantitative estimate of drug-likeness (QED) is 0.626. The smallest absolute Gasteiger partial charge is 0.273 e. The third-order valence-electron chi connectivity index (χ3n) is 4.45. The summed E-state index contributed by atoms with van der Waals surface area (Å²) in [5.41, 5.74) is 0.603. The van der Waals surface area contributed by atoms with E-state index in [0.29, 0.717) is 24.0 Å². The summed E-state index contributed by atoms with van der Waals surface area (Å²) in [5.74, 6) is 0.315. The van der Waals surface area contributed by atoms with E-state index in [2.05, 4.69) is 11.9 Å². The number of benzene rings is 1. The average molecular weight is 305 g/mol. The lowest BCUT2D eigenvalue weighted by molar-refractivity contribution is -0.384. The molecular formula is C15H19N3O4. The first-order valence-corrected chi connectivity index (χ1v) is 7.48. The minimum absolute atomic E-state index is 0.0245. The number of anilines is 1. The maximum Gasteiger partial charge on any atom is 0.273 e. The van der Waals surface area contributed by atoms with Crippen LogP contribution in [-0.4, -0.2) is 48.5 Å². The Morgan fingerprint density at radius 1 is 1.45 bits per heavy atom. The van der Waals surface area contributed by atoms with E-state index in [1.54, 1.807) is 11.0 Å². The number of carbonyl (C=O) groups is 1. The van der Waals surface area contributed by atoms with Crippen LogP contribution in [-0.2, 0) is 4.79 Å². The highest BCUT2D eigenvalue weighted by Crippen LogP contribution is 2.35. The lowest BCUT2D eigenvalue weighted by Crippen LogP contribution is -2.41. The second-order valence-corrected chi connectivity index (χ2v) is 5.81. The number of fused-ring (bicyclic) bond motifs is 1. The molecule has 7 nitrogen and oxygen atoms in total. The molecule has 2 heterocycles. The van der Waals surface area contributed by atoms with Crippen molar-refractivity contribution in [3.05, 3.63) is 28.3 Å². The van der Waals surface area contributed by atoms with Crippen molar-refractivity contribution in [3.8, 4) is 5.75 Å². The molecule has 0 aliphatic carbocycles. The summed E-state index contributed by atoms with van der Waals surface area (Å²) >= 11 is 0. The number of rotatable bonds is 4. The van der Waals surface area contributed by atoms with Crippen molar-refractivity contribution in [1.82, 2.24) is 4.90 Å². The number of hydrogen-bond acceptors (Lipinski definition) is 5. The molecule has 1 aromatic rings. The molecule has 22 heavy (non-hydrogen) atoms. The molecule has 1 atom stereocenters. The van der Waals surface area contributed by atoms with Crippen molar-refractivity contribution in [2.45, 2.75) is 25.3 Å². The van der Waals surface area contributed by atoms with Crippen molar-refractivity contribution >= 4 is 17.3 Å². The predicted octanol–water partition coefficient (Wildman–Crippen LogP) is 1.80. The van der Waals surface area contributed by atoms with Crippen LogP contribution in [0.1, 0.15) is 19.3 Å². The van der Waals surface area contributed by atoms with E-state index >= 15 is 0 Å². The molecule has 0 radical (unpaired) electrons. The Hall–Kier alpha value is -2.15. The molecule has 1 aromatic carbocycles. The summed E-state index contributed by atoms with van der Waals surface area (Å²) in [4.78, 5) is 26.5. The second kappa shape index (κ2) is 5.92. The summed E-state index contributed by atoms with van der Waals surface area (Å²) in [7, 11) is 2.11. The van der Waals surface area contributed by atoms with Gasteiger partial charge in [0, 0.05) is 18.7 Å². The van der Waals surface area contributed by atoms with E-state index in [0.717, 1.165) is 19.4 Å². The molecule has 1 fully saturated rings. The van der Waals surface area contributed by atoms with Gasteiger partial charge >= 0.3 is 0 Å². The van der Waals surface area contributed by atoms with E-state index in [-0.39, 0.29) is 18.2 Å². The number of likely N-dealkylation sites (tertiary alicyclic amines) is 1. The van der Waals surface area contributed by atoms with E-state index in [1.165, 1.54) is 18.6 Å². The lowest BCUT2D eigenvalue weighted by atomic mass is 10.1. The van der Waals surface area contributed by atoms with Gasteiger partial charge in [-0.1, -0.05) is 0 Å². The molecule has 0 bridgehead atoms. The van der Waals surface area contributed by atoms with Crippen molar-refractivity contribution in [3.63, 3.8) is 0 Å². The fourth-order valence-electron chi connectivity index (χ4n) is 3.17. The molecule has 1 saturated heterocycles. The second-order valence-electron chi connectivity index (χ2n) is 5.81. The maximum atomic E-state index is 12.1. The molecular weight excluding hydrogens is 286 g/mol. The zero-order valence-corrected chi connectivity index (χ0v) is 12.5. The molecule has 7 heteroatoms. The summed E-state index contributed by atoms with van der Waals surface area (Å²) in [6.45, 7) is 1.65. The number of non-ortho nitro benzene ring substituents is 1. The molecule has 1 unspecified atom stereocenters. The Morgan fingerprint density at radius 3 is 2.95 bits per heavy atom. The molecule has 0 N–H and O–H groups in total.